The minimum absolute atomic E-state index is 0.0310. The largest absolute Gasteiger partial charge is 0.394 e. The number of aliphatic hydroxyl groups is 1. The van der Waals surface area contributed by atoms with Gasteiger partial charge in [-0.1, -0.05) is 70.4 Å². The fourth-order valence-corrected chi connectivity index (χ4v) is 8.65. The first-order chi connectivity index (χ1) is 17.4. The second-order valence-electron chi connectivity index (χ2n) is 10.6. The van der Waals surface area contributed by atoms with Gasteiger partial charge in [0.2, 0.25) is 17.7 Å². The average molecular weight is 516 g/mol. The highest BCUT2D eigenvalue weighted by Crippen LogP contribution is 2.66. The van der Waals surface area contributed by atoms with E-state index in [1.54, 1.807) is 16.7 Å². The van der Waals surface area contributed by atoms with Crippen molar-refractivity contribution < 1.29 is 19.5 Å². The summed E-state index contributed by atoms with van der Waals surface area (Å²) in [4.78, 5) is 43.0. The van der Waals surface area contributed by atoms with Gasteiger partial charge in [-0.2, -0.15) is 0 Å². The molecule has 7 nitrogen and oxygen atoms in total. The van der Waals surface area contributed by atoms with Crippen molar-refractivity contribution in [1.82, 2.24) is 15.5 Å². The Kier molecular flexibility index (Phi) is 8.66. The summed E-state index contributed by atoms with van der Waals surface area (Å²) in [6, 6.07) is 8.65. The molecule has 2 bridgehead atoms. The van der Waals surface area contributed by atoms with E-state index in [1.807, 2.05) is 44.2 Å². The molecule has 0 aliphatic carbocycles. The number of aliphatic hydroxyl groups excluding tert-OH is 1. The first-order valence-corrected chi connectivity index (χ1v) is 14.5. The zero-order chi connectivity index (χ0) is 25.9. The molecule has 0 radical (unpaired) electrons. The van der Waals surface area contributed by atoms with Crippen molar-refractivity contribution in [1.29, 1.82) is 0 Å². The van der Waals surface area contributed by atoms with Crippen molar-refractivity contribution in [2.24, 2.45) is 17.8 Å². The number of benzene rings is 1. The van der Waals surface area contributed by atoms with Gasteiger partial charge < -0.3 is 20.6 Å². The number of carbonyl (C=O) groups excluding carboxylic acids is 3. The van der Waals surface area contributed by atoms with Crippen LogP contribution in [0, 0.1) is 17.8 Å². The van der Waals surface area contributed by atoms with Crippen molar-refractivity contribution in [3.05, 3.63) is 35.9 Å². The van der Waals surface area contributed by atoms with Crippen molar-refractivity contribution >= 4 is 29.5 Å². The third kappa shape index (κ3) is 4.78. The second-order valence-corrected chi connectivity index (χ2v) is 12.2. The third-order valence-corrected chi connectivity index (χ3v) is 10.5. The smallest absolute Gasteiger partial charge is 0.244 e. The Balaban J connectivity index is 1.62. The maximum Gasteiger partial charge on any atom is 0.244 e. The molecule has 1 spiro atoms. The Morgan fingerprint density at radius 1 is 1.17 bits per heavy atom. The molecule has 3 fully saturated rings. The zero-order valence-electron chi connectivity index (χ0n) is 21.7. The number of rotatable bonds is 12. The van der Waals surface area contributed by atoms with Crippen LogP contribution in [0.1, 0.15) is 64.9 Å². The van der Waals surface area contributed by atoms with Crippen molar-refractivity contribution in [2.45, 2.75) is 87.9 Å². The fourth-order valence-electron chi connectivity index (χ4n) is 6.45. The molecule has 0 saturated carbocycles. The standard InChI is InChI=1S/C28H41N3O4S/c1-4-6-10-15-29-26(34)24-28-14-13-21(36-28)22(25(33)30-16-19-11-8-7-9-12-19)23(28)27(35)31(24)20(17-32)18(3)5-2/h7-9,11-12,18,20-24,32H,4-6,10,13-17H2,1-3H3,(H,29,34)(H,30,33)/t18-,20-,21-,22+,23-,24?,28?/m0/s1. The highest BCUT2D eigenvalue weighted by Gasteiger charge is 2.74. The van der Waals surface area contributed by atoms with Gasteiger partial charge in [0.15, 0.2) is 0 Å². The molecule has 8 heteroatoms. The summed E-state index contributed by atoms with van der Waals surface area (Å²) in [7, 11) is 0. The van der Waals surface area contributed by atoms with E-state index in [-0.39, 0.29) is 35.5 Å². The van der Waals surface area contributed by atoms with Crippen LogP contribution in [-0.2, 0) is 20.9 Å². The van der Waals surface area contributed by atoms with Gasteiger partial charge in [-0.15, -0.1) is 11.8 Å². The van der Waals surface area contributed by atoms with E-state index in [0.717, 1.165) is 44.1 Å². The van der Waals surface area contributed by atoms with E-state index in [0.29, 0.717) is 13.1 Å². The van der Waals surface area contributed by atoms with Crippen LogP contribution in [0.4, 0.5) is 0 Å². The van der Waals surface area contributed by atoms with Crippen LogP contribution < -0.4 is 10.6 Å². The van der Waals surface area contributed by atoms with Gasteiger partial charge in [0, 0.05) is 18.3 Å². The molecule has 3 aliphatic rings. The molecule has 7 atom stereocenters. The molecular weight excluding hydrogens is 474 g/mol. The minimum atomic E-state index is -0.662. The summed E-state index contributed by atoms with van der Waals surface area (Å²) < 4.78 is -0.619. The van der Waals surface area contributed by atoms with Gasteiger partial charge in [0.05, 0.1) is 29.2 Å². The first-order valence-electron chi connectivity index (χ1n) is 13.6. The second kappa shape index (κ2) is 11.5. The minimum Gasteiger partial charge on any atom is -0.394 e. The van der Waals surface area contributed by atoms with Crippen LogP contribution in [0.15, 0.2) is 30.3 Å². The lowest BCUT2D eigenvalue weighted by Gasteiger charge is -2.39. The number of thioether (sulfide) groups is 1. The van der Waals surface area contributed by atoms with Crippen LogP contribution in [0.2, 0.25) is 0 Å². The van der Waals surface area contributed by atoms with E-state index in [1.165, 1.54) is 0 Å². The Bertz CT molecular complexity index is 944. The van der Waals surface area contributed by atoms with E-state index >= 15 is 0 Å². The molecule has 1 aromatic carbocycles. The summed E-state index contributed by atoms with van der Waals surface area (Å²) in [5, 5.41) is 16.6. The number of likely N-dealkylation sites (tertiary alicyclic amines) is 1. The Labute approximate surface area is 219 Å². The summed E-state index contributed by atoms with van der Waals surface area (Å²) in [6.45, 7) is 6.98. The monoisotopic (exact) mass is 515 g/mol. The van der Waals surface area contributed by atoms with Gasteiger partial charge in [-0.3, -0.25) is 14.4 Å². The summed E-state index contributed by atoms with van der Waals surface area (Å²) in [5.41, 5.74) is 1.01. The molecular formula is C28H41N3O4S. The normalized spacial score (nSPS) is 30.2. The number of hydrogen-bond donors (Lipinski definition) is 3. The van der Waals surface area contributed by atoms with Gasteiger partial charge in [-0.05, 0) is 30.7 Å². The summed E-state index contributed by atoms with van der Waals surface area (Å²) in [5.74, 6) is -1.35. The number of fused-ring (bicyclic) bond motifs is 1. The predicted molar refractivity (Wildman–Crippen MR) is 142 cm³/mol. The molecule has 198 valence electrons. The lowest BCUT2D eigenvalue weighted by molar-refractivity contribution is -0.144. The lowest BCUT2D eigenvalue weighted by atomic mass is 9.70. The van der Waals surface area contributed by atoms with Crippen LogP contribution >= 0.6 is 11.8 Å². The van der Waals surface area contributed by atoms with E-state index in [2.05, 4.69) is 17.6 Å². The summed E-state index contributed by atoms with van der Waals surface area (Å²) in [6.07, 6.45) is 5.34. The average Bonchev–Trinajstić information content (AvgIpc) is 3.54. The molecule has 1 aromatic rings. The van der Waals surface area contributed by atoms with Gasteiger partial charge in [0.1, 0.15) is 6.04 Å². The molecule has 3 saturated heterocycles. The van der Waals surface area contributed by atoms with Crippen LogP contribution in [0.5, 0.6) is 0 Å². The number of nitrogens with zero attached hydrogens (tertiary/aromatic N) is 1. The maximum atomic E-state index is 14.1. The summed E-state index contributed by atoms with van der Waals surface area (Å²) >= 11 is 1.68. The molecule has 3 heterocycles. The predicted octanol–water partition coefficient (Wildman–Crippen LogP) is 3.11. The zero-order valence-corrected chi connectivity index (χ0v) is 22.6. The SMILES string of the molecule is CCCCCNC(=O)C1N([C@@H](CO)[C@@H](C)CC)C(=O)[C@@H]2[C@H](C(=O)NCc3ccccc3)[C@@H]3CCC12S3. The van der Waals surface area contributed by atoms with E-state index in [9.17, 15) is 19.5 Å². The maximum absolute atomic E-state index is 14.1. The lowest BCUT2D eigenvalue weighted by Crippen LogP contribution is -2.57. The number of hydrogen-bond acceptors (Lipinski definition) is 5. The molecule has 3 amide bonds. The molecule has 0 aromatic heterocycles. The van der Waals surface area contributed by atoms with Gasteiger partial charge in [-0.25, -0.2) is 0 Å². The fraction of sp³-hybridized carbons (Fsp3) is 0.679. The molecule has 36 heavy (non-hydrogen) atoms. The third-order valence-electron chi connectivity index (χ3n) is 8.52. The van der Waals surface area contributed by atoms with E-state index < -0.39 is 28.7 Å². The van der Waals surface area contributed by atoms with Crippen molar-refractivity contribution in [3.8, 4) is 0 Å². The quantitative estimate of drug-likeness (QED) is 0.372. The number of amides is 3. The molecule has 3 N–H and O–H groups in total. The number of carbonyl (C=O) groups is 3. The molecule has 4 rings (SSSR count). The number of nitrogens with one attached hydrogen (secondary N) is 2. The Morgan fingerprint density at radius 2 is 1.92 bits per heavy atom. The van der Waals surface area contributed by atoms with Gasteiger partial charge in [0.25, 0.3) is 0 Å². The van der Waals surface area contributed by atoms with Crippen molar-refractivity contribution in [3.63, 3.8) is 0 Å². The first kappa shape index (κ1) is 27.0. The van der Waals surface area contributed by atoms with Crippen molar-refractivity contribution in [2.75, 3.05) is 13.2 Å². The molecule has 2 unspecified atom stereocenters. The molecule has 3 aliphatic heterocycles. The Morgan fingerprint density at radius 3 is 2.58 bits per heavy atom. The van der Waals surface area contributed by atoms with Gasteiger partial charge >= 0.3 is 0 Å². The van der Waals surface area contributed by atoms with Crippen LogP contribution in [0.25, 0.3) is 0 Å². The highest BCUT2D eigenvalue weighted by atomic mass is 32.2. The van der Waals surface area contributed by atoms with Crippen LogP contribution in [-0.4, -0.2) is 63.0 Å². The Hall–Kier alpha value is -2.06. The topological polar surface area (TPSA) is 98.7 Å². The van der Waals surface area contributed by atoms with E-state index in [4.69, 9.17) is 0 Å². The van der Waals surface area contributed by atoms with Crippen LogP contribution in [0.3, 0.4) is 0 Å². The number of unbranched alkanes of at least 4 members (excludes halogenated alkanes) is 2. The highest BCUT2D eigenvalue weighted by molar-refractivity contribution is 8.02.